The van der Waals surface area contributed by atoms with Crippen molar-refractivity contribution < 1.29 is 9.59 Å². The van der Waals surface area contributed by atoms with Gasteiger partial charge in [0.2, 0.25) is 5.78 Å². The molecule has 0 radical (unpaired) electrons. The van der Waals surface area contributed by atoms with Crippen molar-refractivity contribution in [1.82, 2.24) is 19.8 Å². The predicted octanol–water partition coefficient (Wildman–Crippen LogP) is 1.99. The molecule has 0 bridgehead atoms. The summed E-state index contributed by atoms with van der Waals surface area (Å²) in [7, 11) is 0. The molecular weight excluding hydrogens is 316 g/mol. The van der Waals surface area contributed by atoms with Crippen molar-refractivity contribution in [1.29, 1.82) is 0 Å². The zero-order valence-electron chi connectivity index (χ0n) is 15.8. The van der Waals surface area contributed by atoms with Crippen molar-refractivity contribution in [3.8, 4) is 0 Å². The summed E-state index contributed by atoms with van der Waals surface area (Å²) in [6.45, 7) is 10.7. The number of hydrogen-bond acceptors (Lipinski definition) is 4. The SMILES string of the molecule is CCn1ccnc1CN(C(=O)C(=O)C(C)(C)C)C1CC12CCNCC2. The topological polar surface area (TPSA) is 67.2 Å². The number of aromatic nitrogens is 2. The molecule has 2 aliphatic rings. The van der Waals surface area contributed by atoms with E-state index in [2.05, 4.69) is 17.2 Å². The molecular formula is C19H30N4O2. The van der Waals surface area contributed by atoms with Crippen molar-refractivity contribution in [2.75, 3.05) is 13.1 Å². The maximum atomic E-state index is 13.0. The molecule has 0 aromatic carbocycles. The molecule has 1 N–H and O–H groups in total. The first kappa shape index (κ1) is 18.1. The van der Waals surface area contributed by atoms with E-state index in [0.29, 0.717) is 6.54 Å². The number of nitrogens with zero attached hydrogens (tertiary/aromatic N) is 3. The summed E-state index contributed by atoms with van der Waals surface area (Å²) in [5.74, 6) is 0.199. The van der Waals surface area contributed by atoms with Crippen LogP contribution in [-0.4, -0.2) is 45.3 Å². The molecule has 1 saturated heterocycles. The summed E-state index contributed by atoms with van der Waals surface area (Å²) in [5, 5.41) is 3.39. The van der Waals surface area contributed by atoms with Gasteiger partial charge in [-0.3, -0.25) is 9.59 Å². The van der Waals surface area contributed by atoms with E-state index < -0.39 is 5.41 Å². The van der Waals surface area contributed by atoms with E-state index in [0.717, 1.165) is 44.7 Å². The van der Waals surface area contributed by atoms with Crippen LogP contribution in [0.25, 0.3) is 0 Å². The van der Waals surface area contributed by atoms with E-state index in [9.17, 15) is 9.59 Å². The molecule has 1 atom stereocenters. The van der Waals surface area contributed by atoms with Gasteiger partial charge in [-0.2, -0.15) is 0 Å². The summed E-state index contributed by atoms with van der Waals surface area (Å²) in [4.78, 5) is 31.9. The molecule has 1 aliphatic heterocycles. The van der Waals surface area contributed by atoms with Gasteiger partial charge in [-0.15, -0.1) is 0 Å². The van der Waals surface area contributed by atoms with Crippen LogP contribution in [0.2, 0.25) is 0 Å². The second kappa shape index (κ2) is 6.56. The van der Waals surface area contributed by atoms with Gasteiger partial charge in [0.1, 0.15) is 5.82 Å². The van der Waals surface area contributed by atoms with Crippen molar-refractivity contribution in [2.24, 2.45) is 10.8 Å². The molecule has 25 heavy (non-hydrogen) atoms. The number of nitrogens with one attached hydrogen (secondary N) is 1. The van der Waals surface area contributed by atoms with Gasteiger partial charge in [-0.25, -0.2) is 4.98 Å². The van der Waals surface area contributed by atoms with Gasteiger partial charge in [0.05, 0.1) is 6.54 Å². The van der Waals surface area contributed by atoms with E-state index in [-0.39, 0.29) is 23.1 Å². The first-order chi connectivity index (χ1) is 11.8. The Morgan fingerprint density at radius 2 is 2.04 bits per heavy atom. The summed E-state index contributed by atoms with van der Waals surface area (Å²) >= 11 is 0. The van der Waals surface area contributed by atoms with Gasteiger partial charge in [-0.05, 0) is 44.7 Å². The number of piperidine rings is 1. The minimum atomic E-state index is -0.661. The molecule has 1 saturated carbocycles. The van der Waals surface area contributed by atoms with Crippen molar-refractivity contribution in [3.05, 3.63) is 18.2 Å². The fourth-order valence-corrected chi connectivity index (χ4v) is 3.94. The first-order valence-electron chi connectivity index (χ1n) is 9.34. The molecule has 1 aliphatic carbocycles. The molecule has 1 spiro atoms. The standard InChI is InChI=1S/C19H30N4O2/c1-5-22-11-10-21-15(22)13-23(17(25)16(24)18(2,3)4)14-12-19(14)6-8-20-9-7-19/h10-11,14,20H,5-9,12-13H2,1-4H3. The zero-order valence-corrected chi connectivity index (χ0v) is 15.8. The highest BCUT2D eigenvalue weighted by molar-refractivity contribution is 6.37. The minimum absolute atomic E-state index is 0.162. The Kier molecular flexibility index (Phi) is 4.75. The van der Waals surface area contributed by atoms with Crippen LogP contribution in [0.3, 0.4) is 0 Å². The lowest BCUT2D eigenvalue weighted by Crippen LogP contribution is -2.45. The number of imidazole rings is 1. The van der Waals surface area contributed by atoms with Crippen LogP contribution in [0.4, 0.5) is 0 Å². The third kappa shape index (κ3) is 3.50. The normalized spacial score (nSPS) is 22.0. The fourth-order valence-electron chi connectivity index (χ4n) is 3.94. The van der Waals surface area contributed by atoms with Gasteiger partial charge in [0.15, 0.2) is 0 Å². The lowest BCUT2D eigenvalue weighted by Gasteiger charge is -2.30. The zero-order chi connectivity index (χ0) is 18.2. The van der Waals surface area contributed by atoms with E-state index in [1.807, 2.05) is 36.4 Å². The van der Waals surface area contributed by atoms with Crippen LogP contribution in [0, 0.1) is 10.8 Å². The minimum Gasteiger partial charge on any atom is -0.334 e. The maximum Gasteiger partial charge on any atom is 0.291 e. The van der Waals surface area contributed by atoms with Gasteiger partial charge in [-0.1, -0.05) is 20.8 Å². The Labute approximate surface area is 150 Å². The Morgan fingerprint density at radius 3 is 2.64 bits per heavy atom. The van der Waals surface area contributed by atoms with Crippen molar-refractivity contribution >= 4 is 11.7 Å². The van der Waals surface area contributed by atoms with Crippen LogP contribution in [-0.2, 0) is 22.7 Å². The molecule has 1 amide bonds. The number of amides is 1. The first-order valence-corrected chi connectivity index (χ1v) is 9.34. The number of hydrogen-bond donors (Lipinski definition) is 1. The number of Topliss-reactive ketones (excluding diaryl/α,β-unsaturated/α-hetero) is 1. The molecule has 1 aromatic rings. The van der Waals surface area contributed by atoms with Gasteiger partial charge in [0.25, 0.3) is 5.91 Å². The van der Waals surface area contributed by atoms with Gasteiger partial charge in [0, 0.05) is 30.4 Å². The van der Waals surface area contributed by atoms with Gasteiger partial charge >= 0.3 is 0 Å². The number of carbonyl (C=O) groups is 2. The van der Waals surface area contributed by atoms with Crippen LogP contribution in [0.15, 0.2) is 12.4 Å². The van der Waals surface area contributed by atoms with Crippen LogP contribution in [0.5, 0.6) is 0 Å². The quantitative estimate of drug-likeness (QED) is 0.828. The third-order valence-electron chi connectivity index (χ3n) is 5.71. The van der Waals surface area contributed by atoms with E-state index >= 15 is 0 Å². The van der Waals surface area contributed by atoms with Crippen molar-refractivity contribution in [2.45, 2.75) is 66.1 Å². The third-order valence-corrected chi connectivity index (χ3v) is 5.71. The smallest absolute Gasteiger partial charge is 0.291 e. The van der Waals surface area contributed by atoms with Crippen molar-refractivity contribution in [3.63, 3.8) is 0 Å². The Morgan fingerprint density at radius 1 is 1.36 bits per heavy atom. The molecule has 6 nitrogen and oxygen atoms in total. The largest absolute Gasteiger partial charge is 0.334 e. The summed E-state index contributed by atoms with van der Waals surface area (Å²) in [5.41, 5.74) is -0.464. The second-order valence-electron chi connectivity index (χ2n) is 8.47. The average Bonchev–Trinajstić information content (AvgIpc) is 3.05. The van der Waals surface area contributed by atoms with E-state index in [4.69, 9.17) is 0 Å². The summed E-state index contributed by atoms with van der Waals surface area (Å²) < 4.78 is 2.04. The number of aryl methyl sites for hydroxylation is 1. The van der Waals surface area contributed by atoms with Crippen LogP contribution in [0.1, 0.15) is 52.8 Å². The Bertz CT molecular complexity index is 653. The number of ketones is 1. The Hall–Kier alpha value is -1.69. The molecule has 2 fully saturated rings. The second-order valence-corrected chi connectivity index (χ2v) is 8.47. The number of carbonyl (C=O) groups excluding carboxylic acids is 2. The van der Waals surface area contributed by atoms with E-state index in [1.165, 1.54) is 0 Å². The van der Waals surface area contributed by atoms with E-state index in [1.54, 1.807) is 6.20 Å². The summed E-state index contributed by atoms with van der Waals surface area (Å²) in [6.07, 6.45) is 6.85. The number of rotatable bonds is 5. The van der Waals surface area contributed by atoms with Crippen LogP contribution >= 0.6 is 0 Å². The van der Waals surface area contributed by atoms with Gasteiger partial charge < -0.3 is 14.8 Å². The molecule has 2 heterocycles. The highest BCUT2D eigenvalue weighted by Gasteiger charge is 2.58. The molecule has 138 valence electrons. The highest BCUT2D eigenvalue weighted by atomic mass is 16.2. The fraction of sp³-hybridized carbons (Fsp3) is 0.737. The van der Waals surface area contributed by atoms with Crippen LogP contribution < -0.4 is 5.32 Å². The molecule has 1 aromatic heterocycles. The lowest BCUT2D eigenvalue weighted by molar-refractivity contribution is -0.150. The maximum absolute atomic E-state index is 13.0. The monoisotopic (exact) mass is 346 g/mol. The molecule has 1 unspecified atom stereocenters. The lowest BCUT2D eigenvalue weighted by atomic mass is 9.89. The average molecular weight is 346 g/mol. The highest BCUT2D eigenvalue weighted by Crippen LogP contribution is 2.56. The molecule has 3 rings (SSSR count). The molecule has 6 heteroatoms. The predicted molar refractivity (Wildman–Crippen MR) is 95.9 cm³/mol. The Balaban J connectivity index is 1.84. The summed E-state index contributed by atoms with van der Waals surface area (Å²) in [6, 6.07) is 0.162.